The zero-order chi connectivity index (χ0) is 10.3. The summed E-state index contributed by atoms with van der Waals surface area (Å²) < 4.78 is 13.0. The molecule has 0 spiro atoms. The van der Waals surface area contributed by atoms with E-state index in [4.69, 9.17) is 17.3 Å². The molecule has 2 rings (SSSR count). The van der Waals surface area contributed by atoms with Crippen molar-refractivity contribution in [1.29, 1.82) is 0 Å². The first kappa shape index (κ1) is 10.4. The van der Waals surface area contributed by atoms with E-state index in [9.17, 15) is 4.39 Å². The smallest absolute Gasteiger partial charge is 0.108 e. The first-order valence-corrected chi connectivity index (χ1v) is 5.91. The van der Waals surface area contributed by atoms with Crippen LogP contribution in [0.4, 0.5) is 4.39 Å². The molecule has 4 heteroatoms. The van der Waals surface area contributed by atoms with Crippen LogP contribution in [0, 0.1) is 5.41 Å². The lowest BCUT2D eigenvalue weighted by Crippen LogP contribution is -2.33. The van der Waals surface area contributed by atoms with Crippen LogP contribution in [0.15, 0.2) is 11.4 Å². The number of hydrogen-bond acceptors (Lipinski definition) is 2. The Balaban J connectivity index is 2.02. The summed E-state index contributed by atoms with van der Waals surface area (Å²) in [6, 6.07) is 1.74. The van der Waals surface area contributed by atoms with Crippen molar-refractivity contribution >= 4 is 22.9 Å². The molecule has 0 aromatic carbocycles. The number of rotatable bonds is 3. The number of halogens is 2. The second-order valence-corrected chi connectivity index (χ2v) is 5.59. The topological polar surface area (TPSA) is 26.0 Å². The molecule has 1 aliphatic carbocycles. The zero-order valence-electron chi connectivity index (χ0n) is 7.97. The third-order valence-corrected chi connectivity index (χ3v) is 4.53. The maximum absolute atomic E-state index is 13.0. The summed E-state index contributed by atoms with van der Waals surface area (Å²) in [5, 5.41) is 2.69. The highest BCUT2D eigenvalue weighted by molar-refractivity contribution is 7.10. The van der Waals surface area contributed by atoms with E-state index in [1.807, 2.05) is 18.4 Å². The first-order chi connectivity index (χ1) is 6.54. The quantitative estimate of drug-likeness (QED) is 0.854. The summed E-state index contributed by atoms with van der Waals surface area (Å²) >= 11 is 7.54. The molecule has 0 amide bonds. The molecule has 3 atom stereocenters. The maximum Gasteiger partial charge on any atom is 0.108 e. The minimum atomic E-state index is -0.726. The second-order valence-electron chi connectivity index (χ2n) is 4.18. The van der Waals surface area contributed by atoms with Gasteiger partial charge in [-0.15, -0.1) is 11.3 Å². The van der Waals surface area contributed by atoms with Gasteiger partial charge in [0.25, 0.3) is 0 Å². The molecule has 1 saturated carbocycles. The lowest BCUT2D eigenvalue weighted by molar-refractivity contribution is 0.327. The van der Waals surface area contributed by atoms with Crippen molar-refractivity contribution < 1.29 is 4.39 Å². The van der Waals surface area contributed by atoms with Gasteiger partial charge in [0.1, 0.15) is 6.17 Å². The molecule has 3 unspecified atom stereocenters. The van der Waals surface area contributed by atoms with Crippen molar-refractivity contribution in [2.75, 3.05) is 0 Å². The summed E-state index contributed by atoms with van der Waals surface area (Å²) in [5.41, 5.74) is 5.66. The molecule has 1 heterocycles. The summed E-state index contributed by atoms with van der Waals surface area (Å²) in [6.45, 7) is 1.91. The fraction of sp³-hybridized carbons (Fsp3) is 0.600. The largest absolute Gasteiger partial charge is 0.327 e. The summed E-state index contributed by atoms with van der Waals surface area (Å²) in [4.78, 5) is 1.07. The highest BCUT2D eigenvalue weighted by atomic mass is 35.5. The molecule has 78 valence electrons. The van der Waals surface area contributed by atoms with E-state index in [1.165, 1.54) is 0 Å². The molecule has 0 radical (unpaired) electrons. The standard InChI is InChI=1S/C10H13ClFNS/c1-10(5-8(10)12)9(13)4-7-6(11)2-3-14-7/h2-3,8-9H,4-5,13H2,1H3. The van der Waals surface area contributed by atoms with Crippen LogP contribution in [0.5, 0.6) is 0 Å². The molecule has 2 N–H and O–H groups in total. The number of nitrogens with two attached hydrogens (primary N) is 1. The van der Waals surface area contributed by atoms with Gasteiger partial charge in [-0.25, -0.2) is 4.39 Å². The van der Waals surface area contributed by atoms with E-state index >= 15 is 0 Å². The molecule has 0 bridgehead atoms. The Morgan fingerprint density at radius 2 is 2.50 bits per heavy atom. The molecule has 1 aliphatic rings. The predicted octanol–water partition coefficient (Wildman–Crippen LogP) is 3.02. The summed E-state index contributed by atoms with van der Waals surface area (Å²) in [5.74, 6) is 0. The Morgan fingerprint density at radius 3 is 2.93 bits per heavy atom. The van der Waals surface area contributed by atoms with Gasteiger partial charge in [0, 0.05) is 16.3 Å². The van der Waals surface area contributed by atoms with Crippen LogP contribution >= 0.6 is 22.9 Å². The third kappa shape index (κ3) is 1.69. The lowest BCUT2D eigenvalue weighted by Gasteiger charge is -2.17. The molecule has 1 fully saturated rings. The zero-order valence-corrected chi connectivity index (χ0v) is 9.54. The van der Waals surface area contributed by atoms with Crippen LogP contribution < -0.4 is 5.73 Å². The summed E-state index contributed by atoms with van der Waals surface area (Å²) in [7, 11) is 0. The van der Waals surface area contributed by atoms with Gasteiger partial charge in [0.15, 0.2) is 0 Å². The Hall–Kier alpha value is -0.120. The number of hydrogen-bond donors (Lipinski definition) is 1. The number of alkyl halides is 1. The van der Waals surface area contributed by atoms with Gasteiger partial charge >= 0.3 is 0 Å². The monoisotopic (exact) mass is 233 g/mol. The van der Waals surface area contributed by atoms with Crippen LogP contribution in [-0.4, -0.2) is 12.2 Å². The van der Waals surface area contributed by atoms with Gasteiger partial charge in [-0.1, -0.05) is 18.5 Å². The van der Waals surface area contributed by atoms with Crippen molar-refractivity contribution in [3.05, 3.63) is 21.3 Å². The molecule has 1 aromatic heterocycles. The molecule has 14 heavy (non-hydrogen) atoms. The minimum absolute atomic E-state index is 0.117. The van der Waals surface area contributed by atoms with Crippen molar-refractivity contribution in [3.8, 4) is 0 Å². The minimum Gasteiger partial charge on any atom is -0.327 e. The van der Waals surface area contributed by atoms with Gasteiger partial charge in [-0.2, -0.15) is 0 Å². The third-order valence-electron chi connectivity index (χ3n) is 3.12. The van der Waals surface area contributed by atoms with Gasteiger partial charge in [-0.3, -0.25) is 0 Å². The predicted molar refractivity (Wildman–Crippen MR) is 58.6 cm³/mol. The van der Waals surface area contributed by atoms with Crippen molar-refractivity contribution in [2.45, 2.75) is 32.0 Å². The van der Waals surface area contributed by atoms with E-state index in [2.05, 4.69) is 0 Å². The van der Waals surface area contributed by atoms with Crippen molar-refractivity contribution in [3.63, 3.8) is 0 Å². The highest BCUT2D eigenvalue weighted by Crippen LogP contribution is 2.51. The normalized spacial score (nSPS) is 33.0. The van der Waals surface area contributed by atoms with Crippen LogP contribution in [0.1, 0.15) is 18.2 Å². The molecule has 1 nitrogen and oxygen atoms in total. The van der Waals surface area contributed by atoms with E-state index in [0.29, 0.717) is 12.8 Å². The van der Waals surface area contributed by atoms with Crippen LogP contribution in [0.25, 0.3) is 0 Å². The van der Waals surface area contributed by atoms with Crippen LogP contribution in [-0.2, 0) is 6.42 Å². The first-order valence-electron chi connectivity index (χ1n) is 4.65. The lowest BCUT2D eigenvalue weighted by atomic mass is 9.96. The van der Waals surface area contributed by atoms with Gasteiger partial charge < -0.3 is 5.73 Å². The second kappa shape index (κ2) is 3.47. The Labute approximate surface area is 92.1 Å². The average molecular weight is 234 g/mol. The van der Waals surface area contributed by atoms with Crippen molar-refractivity contribution in [1.82, 2.24) is 0 Å². The van der Waals surface area contributed by atoms with Crippen LogP contribution in [0.2, 0.25) is 5.02 Å². The SMILES string of the molecule is CC1(C(N)Cc2sccc2Cl)CC1F. The molecule has 0 saturated heterocycles. The summed E-state index contributed by atoms with van der Waals surface area (Å²) in [6.07, 6.45) is 0.557. The maximum atomic E-state index is 13.0. The Kier molecular flexibility index (Phi) is 2.58. The molecule has 0 aliphatic heterocycles. The Morgan fingerprint density at radius 1 is 1.86 bits per heavy atom. The van der Waals surface area contributed by atoms with Gasteiger partial charge in [0.05, 0.1) is 5.02 Å². The van der Waals surface area contributed by atoms with E-state index in [1.54, 1.807) is 11.3 Å². The molecular formula is C10H13ClFNS. The molecular weight excluding hydrogens is 221 g/mol. The molecule has 1 aromatic rings. The van der Waals surface area contributed by atoms with E-state index in [0.717, 1.165) is 9.90 Å². The van der Waals surface area contributed by atoms with Crippen molar-refractivity contribution in [2.24, 2.45) is 11.1 Å². The highest BCUT2D eigenvalue weighted by Gasteiger charge is 2.55. The fourth-order valence-corrected chi connectivity index (χ4v) is 2.79. The Bertz CT molecular complexity index is 341. The van der Waals surface area contributed by atoms with E-state index < -0.39 is 6.17 Å². The van der Waals surface area contributed by atoms with Gasteiger partial charge in [-0.05, 0) is 24.3 Å². The average Bonchev–Trinajstić information content (AvgIpc) is 2.55. The van der Waals surface area contributed by atoms with Gasteiger partial charge in [0.2, 0.25) is 0 Å². The van der Waals surface area contributed by atoms with Crippen LogP contribution in [0.3, 0.4) is 0 Å². The number of thiophene rings is 1. The van der Waals surface area contributed by atoms with E-state index in [-0.39, 0.29) is 11.5 Å². The fourth-order valence-electron chi connectivity index (χ4n) is 1.61.